The Balaban J connectivity index is 1.62. The lowest BCUT2D eigenvalue weighted by Gasteiger charge is -2.29. The number of rotatable bonds is 5. The molecule has 1 fully saturated rings. The third kappa shape index (κ3) is 5.19. The molecule has 1 aromatic carbocycles. The topological polar surface area (TPSA) is 54.5 Å². The fourth-order valence-corrected chi connectivity index (χ4v) is 2.93. The molecule has 5 nitrogen and oxygen atoms in total. The molecule has 0 unspecified atom stereocenters. The van der Waals surface area contributed by atoms with Crippen LogP contribution in [0.1, 0.15) is 16.7 Å². The number of anilines is 1. The molecular formula is C19H20F3N3O2. The number of nitrogens with zero attached hydrogens (tertiary/aromatic N) is 2. The van der Waals surface area contributed by atoms with E-state index in [1.807, 2.05) is 6.07 Å². The number of aromatic nitrogens is 1. The SMILES string of the molecule is O=C(Cc1cccc(C(F)(F)F)c1)NCc1cccnc1N1CCOCC1. The molecule has 8 heteroatoms. The smallest absolute Gasteiger partial charge is 0.378 e. The summed E-state index contributed by atoms with van der Waals surface area (Å²) in [4.78, 5) is 18.7. The van der Waals surface area contributed by atoms with Crippen molar-refractivity contribution in [3.63, 3.8) is 0 Å². The van der Waals surface area contributed by atoms with Gasteiger partial charge in [0.25, 0.3) is 0 Å². The Labute approximate surface area is 155 Å². The first kappa shape index (κ1) is 19.2. The van der Waals surface area contributed by atoms with Crippen LogP contribution in [0.2, 0.25) is 0 Å². The van der Waals surface area contributed by atoms with Gasteiger partial charge in [0.1, 0.15) is 5.82 Å². The normalized spacial score (nSPS) is 14.9. The second-order valence-electron chi connectivity index (χ2n) is 6.24. The molecule has 1 N–H and O–H groups in total. The van der Waals surface area contributed by atoms with Crippen molar-refractivity contribution in [2.75, 3.05) is 31.2 Å². The quantitative estimate of drug-likeness (QED) is 0.868. The Morgan fingerprint density at radius 1 is 1.19 bits per heavy atom. The third-order valence-corrected chi connectivity index (χ3v) is 4.27. The summed E-state index contributed by atoms with van der Waals surface area (Å²) in [6.07, 6.45) is -2.84. The number of carbonyl (C=O) groups is 1. The number of carbonyl (C=O) groups excluding carboxylic acids is 1. The van der Waals surface area contributed by atoms with Gasteiger partial charge >= 0.3 is 6.18 Å². The Kier molecular flexibility index (Phi) is 5.95. The molecule has 0 bridgehead atoms. The van der Waals surface area contributed by atoms with Gasteiger partial charge in [0.15, 0.2) is 0 Å². The molecule has 0 atom stereocenters. The predicted octanol–water partition coefficient (Wildman–Crippen LogP) is 2.80. The molecule has 27 heavy (non-hydrogen) atoms. The maximum Gasteiger partial charge on any atom is 0.416 e. The van der Waals surface area contributed by atoms with Gasteiger partial charge < -0.3 is 15.0 Å². The number of benzene rings is 1. The minimum atomic E-state index is -4.42. The molecule has 0 spiro atoms. The molecule has 144 valence electrons. The molecule has 3 rings (SSSR count). The highest BCUT2D eigenvalue weighted by Crippen LogP contribution is 2.29. The minimum Gasteiger partial charge on any atom is -0.378 e. The van der Waals surface area contributed by atoms with Gasteiger partial charge in [-0.15, -0.1) is 0 Å². The van der Waals surface area contributed by atoms with Gasteiger partial charge in [0.2, 0.25) is 5.91 Å². The van der Waals surface area contributed by atoms with Crippen LogP contribution in [-0.2, 0) is 28.7 Å². The number of hydrogen-bond donors (Lipinski definition) is 1. The summed E-state index contributed by atoms with van der Waals surface area (Å²) < 4.78 is 43.7. The fraction of sp³-hybridized carbons (Fsp3) is 0.368. The van der Waals surface area contributed by atoms with Crippen LogP contribution in [0.25, 0.3) is 0 Å². The standard InChI is InChI=1S/C19H20F3N3O2/c20-19(21,22)16-5-1-3-14(11-16)12-17(26)24-13-15-4-2-6-23-18(15)25-7-9-27-10-8-25/h1-6,11H,7-10,12-13H2,(H,24,26). The van der Waals surface area contributed by atoms with E-state index >= 15 is 0 Å². The lowest BCUT2D eigenvalue weighted by atomic mass is 10.1. The zero-order chi connectivity index (χ0) is 19.3. The van der Waals surface area contributed by atoms with Crippen molar-refractivity contribution in [1.82, 2.24) is 10.3 Å². The number of nitrogens with one attached hydrogen (secondary N) is 1. The Hall–Kier alpha value is -2.61. The van der Waals surface area contributed by atoms with Gasteiger partial charge in [-0.1, -0.05) is 24.3 Å². The molecule has 1 aliphatic heterocycles. The van der Waals surface area contributed by atoms with Crippen molar-refractivity contribution < 1.29 is 22.7 Å². The van der Waals surface area contributed by atoms with E-state index in [9.17, 15) is 18.0 Å². The summed E-state index contributed by atoms with van der Waals surface area (Å²) in [6.45, 7) is 2.96. The maximum absolute atomic E-state index is 12.8. The highest BCUT2D eigenvalue weighted by molar-refractivity contribution is 5.78. The molecule has 0 aliphatic carbocycles. The molecule has 0 radical (unpaired) electrons. The van der Waals surface area contributed by atoms with Crippen LogP contribution in [0.15, 0.2) is 42.6 Å². The molecule has 2 aromatic rings. The van der Waals surface area contributed by atoms with E-state index < -0.39 is 11.7 Å². The molecule has 1 aliphatic rings. The van der Waals surface area contributed by atoms with Gasteiger partial charge in [0, 0.05) is 31.4 Å². The van der Waals surface area contributed by atoms with Gasteiger partial charge in [-0.3, -0.25) is 4.79 Å². The third-order valence-electron chi connectivity index (χ3n) is 4.27. The largest absolute Gasteiger partial charge is 0.416 e. The fourth-order valence-electron chi connectivity index (χ4n) is 2.93. The molecule has 1 aromatic heterocycles. The van der Waals surface area contributed by atoms with Crippen molar-refractivity contribution in [2.45, 2.75) is 19.1 Å². The van der Waals surface area contributed by atoms with E-state index in [2.05, 4.69) is 15.2 Å². The van der Waals surface area contributed by atoms with Crippen molar-refractivity contribution in [3.05, 3.63) is 59.3 Å². The average molecular weight is 379 g/mol. The lowest BCUT2D eigenvalue weighted by molar-refractivity contribution is -0.137. The highest BCUT2D eigenvalue weighted by Gasteiger charge is 2.30. The Morgan fingerprint density at radius 3 is 2.70 bits per heavy atom. The van der Waals surface area contributed by atoms with Crippen molar-refractivity contribution in [1.29, 1.82) is 0 Å². The second kappa shape index (κ2) is 8.39. The predicted molar refractivity (Wildman–Crippen MR) is 94.3 cm³/mol. The number of pyridine rings is 1. The number of alkyl halides is 3. The summed E-state index contributed by atoms with van der Waals surface area (Å²) in [5.41, 5.74) is 0.424. The van der Waals surface area contributed by atoms with Crippen molar-refractivity contribution in [2.24, 2.45) is 0 Å². The number of hydrogen-bond acceptors (Lipinski definition) is 4. The van der Waals surface area contributed by atoms with E-state index in [0.29, 0.717) is 18.8 Å². The van der Waals surface area contributed by atoms with E-state index in [1.165, 1.54) is 12.1 Å². The van der Waals surface area contributed by atoms with Crippen LogP contribution in [-0.4, -0.2) is 37.2 Å². The van der Waals surface area contributed by atoms with Gasteiger partial charge in [-0.2, -0.15) is 13.2 Å². The lowest BCUT2D eigenvalue weighted by Crippen LogP contribution is -2.38. The zero-order valence-electron chi connectivity index (χ0n) is 14.6. The minimum absolute atomic E-state index is 0.114. The number of amides is 1. The summed E-state index contributed by atoms with van der Waals surface area (Å²) in [6, 6.07) is 8.48. The van der Waals surface area contributed by atoms with Crippen LogP contribution in [0.3, 0.4) is 0 Å². The van der Waals surface area contributed by atoms with Crippen LogP contribution < -0.4 is 10.2 Å². The first-order chi connectivity index (χ1) is 12.9. The van der Waals surface area contributed by atoms with Gasteiger partial charge in [0.05, 0.1) is 25.2 Å². The van der Waals surface area contributed by atoms with Gasteiger partial charge in [-0.05, 0) is 17.7 Å². The molecule has 1 amide bonds. The Bertz CT molecular complexity index is 790. The highest BCUT2D eigenvalue weighted by atomic mass is 19.4. The van der Waals surface area contributed by atoms with Crippen LogP contribution in [0, 0.1) is 0 Å². The van der Waals surface area contributed by atoms with E-state index in [0.717, 1.165) is 36.6 Å². The Morgan fingerprint density at radius 2 is 1.96 bits per heavy atom. The number of morpholine rings is 1. The van der Waals surface area contributed by atoms with Crippen molar-refractivity contribution in [3.8, 4) is 0 Å². The van der Waals surface area contributed by atoms with Crippen LogP contribution in [0.5, 0.6) is 0 Å². The number of halogens is 3. The first-order valence-corrected chi connectivity index (χ1v) is 8.63. The van der Waals surface area contributed by atoms with E-state index in [1.54, 1.807) is 12.3 Å². The first-order valence-electron chi connectivity index (χ1n) is 8.63. The molecular weight excluding hydrogens is 359 g/mol. The molecule has 1 saturated heterocycles. The molecule has 2 heterocycles. The van der Waals surface area contributed by atoms with Crippen LogP contribution >= 0.6 is 0 Å². The van der Waals surface area contributed by atoms with E-state index in [-0.39, 0.29) is 18.9 Å². The summed E-state index contributed by atoms with van der Waals surface area (Å²) >= 11 is 0. The van der Waals surface area contributed by atoms with Crippen molar-refractivity contribution >= 4 is 11.7 Å². The summed E-state index contributed by atoms with van der Waals surface area (Å²) in [5.74, 6) is 0.450. The summed E-state index contributed by atoms with van der Waals surface area (Å²) in [5, 5.41) is 2.77. The summed E-state index contributed by atoms with van der Waals surface area (Å²) in [7, 11) is 0. The average Bonchev–Trinajstić information content (AvgIpc) is 2.67. The van der Waals surface area contributed by atoms with Crippen LogP contribution in [0.4, 0.5) is 19.0 Å². The second-order valence-corrected chi connectivity index (χ2v) is 6.24. The zero-order valence-corrected chi connectivity index (χ0v) is 14.6. The van der Waals surface area contributed by atoms with E-state index in [4.69, 9.17) is 4.74 Å². The molecule has 0 saturated carbocycles. The maximum atomic E-state index is 12.8. The number of ether oxygens (including phenoxy) is 1. The van der Waals surface area contributed by atoms with Gasteiger partial charge in [-0.25, -0.2) is 4.98 Å². The monoisotopic (exact) mass is 379 g/mol.